The van der Waals surface area contributed by atoms with E-state index < -0.39 is 0 Å². The Hall–Kier alpha value is -0.940. The fourth-order valence-corrected chi connectivity index (χ4v) is 3.12. The van der Waals surface area contributed by atoms with Gasteiger partial charge in [-0.25, -0.2) is 4.98 Å². The molecule has 0 fully saturated rings. The molecule has 2 aromatic rings. The molecule has 1 N–H and O–H groups in total. The standard InChI is InChI=1S/C16H21ClN2OS/c1-11-6-13(16-18-15(7-17)10-21-16)4-5-14(11)8-19(3)12(2)9-20/h4-6,10,12,20H,7-9H2,1-3H3. The molecule has 1 heterocycles. The van der Waals surface area contributed by atoms with Crippen LogP contribution in [-0.4, -0.2) is 34.7 Å². The first kappa shape index (κ1) is 16.4. The summed E-state index contributed by atoms with van der Waals surface area (Å²) in [7, 11) is 2.03. The highest BCUT2D eigenvalue weighted by atomic mass is 35.5. The molecule has 0 aliphatic heterocycles. The van der Waals surface area contributed by atoms with Crippen LogP contribution in [0.5, 0.6) is 0 Å². The van der Waals surface area contributed by atoms with Crippen molar-refractivity contribution in [2.24, 2.45) is 0 Å². The van der Waals surface area contributed by atoms with Crippen LogP contribution in [0.3, 0.4) is 0 Å². The normalized spacial score (nSPS) is 12.9. The predicted octanol–water partition coefficient (Wildman–Crippen LogP) is 3.67. The largest absolute Gasteiger partial charge is 0.395 e. The van der Waals surface area contributed by atoms with Gasteiger partial charge in [-0.05, 0) is 38.1 Å². The highest BCUT2D eigenvalue weighted by Gasteiger charge is 2.11. The van der Waals surface area contributed by atoms with Crippen LogP contribution in [0.2, 0.25) is 0 Å². The molecule has 21 heavy (non-hydrogen) atoms. The van der Waals surface area contributed by atoms with Crippen molar-refractivity contribution in [3.8, 4) is 10.6 Å². The molecule has 0 spiro atoms. The van der Waals surface area contributed by atoms with Crippen LogP contribution in [0.1, 0.15) is 23.7 Å². The van der Waals surface area contributed by atoms with E-state index in [2.05, 4.69) is 35.0 Å². The summed E-state index contributed by atoms with van der Waals surface area (Å²) in [5, 5.41) is 12.2. The number of aliphatic hydroxyl groups excluding tert-OH is 1. The highest BCUT2D eigenvalue weighted by molar-refractivity contribution is 7.13. The first-order valence-electron chi connectivity index (χ1n) is 6.96. The van der Waals surface area contributed by atoms with E-state index in [1.165, 1.54) is 11.1 Å². The second-order valence-electron chi connectivity index (χ2n) is 5.37. The highest BCUT2D eigenvalue weighted by Crippen LogP contribution is 2.26. The zero-order chi connectivity index (χ0) is 15.4. The van der Waals surface area contributed by atoms with Crippen molar-refractivity contribution < 1.29 is 5.11 Å². The molecular weight excluding hydrogens is 304 g/mol. The Bertz CT molecular complexity index is 600. The lowest BCUT2D eigenvalue weighted by atomic mass is 10.0. The number of aryl methyl sites for hydroxylation is 1. The fraction of sp³-hybridized carbons (Fsp3) is 0.438. The number of nitrogens with zero attached hydrogens (tertiary/aromatic N) is 2. The summed E-state index contributed by atoms with van der Waals surface area (Å²) < 4.78 is 0. The number of likely N-dealkylation sites (N-methyl/N-ethyl adjacent to an activating group) is 1. The molecule has 5 heteroatoms. The number of hydrogen-bond donors (Lipinski definition) is 1. The van der Waals surface area contributed by atoms with Gasteiger partial charge in [-0.3, -0.25) is 4.90 Å². The Morgan fingerprint density at radius 1 is 1.43 bits per heavy atom. The predicted molar refractivity (Wildman–Crippen MR) is 89.9 cm³/mol. The monoisotopic (exact) mass is 324 g/mol. The summed E-state index contributed by atoms with van der Waals surface area (Å²) in [6.45, 7) is 5.14. The molecule has 1 aromatic heterocycles. The van der Waals surface area contributed by atoms with Crippen molar-refractivity contribution >= 4 is 22.9 Å². The molecule has 114 valence electrons. The molecule has 1 aromatic carbocycles. The van der Waals surface area contributed by atoms with Crippen LogP contribution in [0, 0.1) is 6.92 Å². The molecule has 0 radical (unpaired) electrons. The number of thiazole rings is 1. The van der Waals surface area contributed by atoms with Gasteiger partial charge in [0.25, 0.3) is 0 Å². The number of benzene rings is 1. The first-order chi connectivity index (χ1) is 10.0. The number of rotatable bonds is 6. The van der Waals surface area contributed by atoms with Crippen molar-refractivity contribution in [3.05, 3.63) is 40.4 Å². The van der Waals surface area contributed by atoms with Crippen molar-refractivity contribution in [3.63, 3.8) is 0 Å². The number of aliphatic hydroxyl groups is 1. The number of halogens is 1. The maximum absolute atomic E-state index is 9.21. The molecule has 2 rings (SSSR count). The lowest BCUT2D eigenvalue weighted by Gasteiger charge is -2.23. The quantitative estimate of drug-likeness (QED) is 0.824. The average molecular weight is 325 g/mol. The Morgan fingerprint density at radius 3 is 2.76 bits per heavy atom. The molecule has 1 atom stereocenters. The SMILES string of the molecule is Cc1cc(-c2nc(CCl)cs2)ccc1CN(C)C(C)CO. The lowest BCUT2D eigenvalue weighted by Crippen LogP contribution is -2.31. The fourth-order valence-electron chi connectivity index (χ4n) is 2.07. The summed E-state index contributed by atoms with van der Waals surface area (Å²) in [5.41, 5.74) is 4.58. The second kappa shape index (κ2) is 7.36. The van der Waals surface area contributed by atoms with Crippen LogP contribution >= 0.6 is 22.9 Å². The Labute approximate surface area is 135 Å². The zero-order valence-electron chi connectivity index (χ0n) is 12.6. The van der Waals surface area contributed by atoms with Gasteiger partial charge in [-0.1, -0.05) is 12.1 Å². The Morgan fingerprint density at radius 2 is 2.19 bits per heavy atom. The van der Waals surface area contributed by atoms with E-state index in [0.717, 1.165) is 22.8 Å². The van der Waals surface area contributed by atoms with Crippen LogP contribution in [-0.2, 0) is 12.4 Å². The van der Waals surface area contributed by atoms with E-state index >= 15 is 0 Å². The smallest absolute Gasteiger partial charge is 0.123 e. The van der Waals surface area contributed by atoms with Gasteiger partial charge in [-0.15, -0.1) is 22.9 Å². The van der Waals surface area contributed by atoms with Crippen molar-refractivity contribution in [1.29, 1.82) is 0 Å². The summed E-state index contributed by atoms with van der Waals surface area (Å²) >= 11 is 7.43. The van der Waals surface area contributed by atoms with Gasteiger partial charge >= 0.3 is 0 Å². The molecule has 0 bridgehead atoms. The van der Waals surface area contributed by atoms with E-state index in [0.29, 0.717) is 5.88 Å². The van der Waals surface area contributed by atoms with Crippen LogP contribution in [0.4, 0.5) is 0 Å². The van der Waals surface area contributed by atoms with Gasteiger partial charge in [0.15, 0.2) is 0 Å². The second-order valence-corrected chi connectivity index (χ2v) is 6.49. The minimum absolute atomic E-state index is 0.161. The van der Waals surface area contributed by atoms with E-state index in [1.54, 1.807) is 11.3 Å². The number of aromatic nitrogens is 1. The molecule has 1 unspecified atom stereocenters. The molecule has 0 saturated carbocycles. The molecule has 0 aliphatic carbocycles. The zero-order valence-corrected chi connectivity index (χ0v) is 14.2. The first-order valence-corrected chi connectivity index (χ1v) is 8.38. The van der Waals surface area contributed by atoms with Crippen LogP contribution in [0.15, 0.2) is 23.6 Å². The molecular formula is C16H21ClN2OS. The summed E-state index contributed by atoms with van der Waals surface area (Å²) in [4.78, 5) is 6.67. The Balaban J connectivity index is 2.17. The third kappa shape index (κ3) is 4.04. The van der Waals surface area contributed by atoms with E-state index in [4.69, 9.17) is 11.6 Å². The summed E-state index contributed by atoms with van der Waals surface area (Å²) in [6, 6.07) is 6.59. The lowest BCUT2D eigenvalue weighted by molar-refractivity contribution is 0.154. The van der Waals surface area contributed by atoms with Gasteiger partial charge in [0.2, 0.25) is 0 Å². The maximum Gasteiger partial charge on any atom is 0.123 e. The third-order valence-corrected chi connectivity index (χ3v) is 4.93. The van der Waals surface area contributed by atoms with Crippen molar-refractivity contribution in [1.82, 2.24) is 9.88 Å². The molecule has 0 aliphatic rings. The minimum Gasteiger partial charge on any atom is -0.395 e. The van der Waals surface area contributed by atoms with Gasteiger partial charge in [0, 0.05) is 23.5 Å². The van der Waals surface area contributed by atoms with Gasteiger partial charge in [-0.2, -0.15) is 0 Å². The van der Waals surface area contributed by atoms with Crippen LogP contribution < -0.4 is 0 Å². The van der Waals surface area contributed by atoms with Gasteiger partial charge in [0.05, 0.1) is 18.2 Å². The maximum atomic E-state index is 9.21. The van der Waals surface area contributed by atoms with E-state index in [-0.39, 0.29) is 12.6 Å². The molecule has 0 amide bonds. The van der Waals surface area contributed by atoms with Gasteiger partial charge in [0.1, 0.15) is 5.01 Å². The number of hydrogen-bond acceptors (Lipinski definition) is 4. The Kier molecular flexibility index (Phi) is 5.76. The van der Waals surface area contributed by atoms with Crippen molar-refractivity contribution in [2.75, 3.05) is 13.7 Å². The van der Waals surface area contributed by atoms with Crippen molar-refractivity contribution in [2.45, 2.75) is 32.3 Å². The van der Waals surface area contributed by atoms with E-state index in [1.807, 2.05) is 19.4 Å². The van der Waals surface area contributed by atoms with E-state index in [9.17, 15) is 5.11 Å². The van der Waals surface area contributed by atoms with Crippen LogP contribution in [0.25, 0.3) is 10.6 Å². The third-order valence-electron chi connectivity index (χ3n) is 3.71. The summed E-state index contributed by atoms with van der Waals surface area (Å²) in [5.74, 6) is 0.456. The average Bonchev–Trinajstić information content (AvgIpc) is 2.97. The minimum atomic E-state index is 0.161. The topological polar surface area (TPSA) is 36.4 Å². The molecule has 3 nitrogen and oxygen atoms in total. The van der Waals surface area contributed by atoms with Gasteiger partial charge < -0.3 is 5.11 Å². The molecule has 0 saturated heterocycles. The number of alkyl halides is 1. The summed E-state index contributed by atoms with van der Waals surface area (Å²) in [6.07, 6.45) is 0.